The highest BCUT2D eigenvalue weighted by molar-refractivity contribution is 9.10. The van der Waals surface area contributed by atoms with E-state index in [1.807, 2.05) is 19.1 Å². The molecule has 0 radical (unpaired) electrons. The van der Waals surface area contributed by atoms with Crippen molar-refractivity contribution in [1.29, 1.82) is 0 Å². The first-order chi connectivity index (χ1) is 11.2. The van der Waals surface area contributed by atoms with Crippen molar-refractivity contribution in [2.75, 3.05) is 5.32 Å². The molecule has 0 atom stereocenters. The van der Waals surface area contributed by atoms with Gasteiger partial charge in [0.1, 0.15) is 0 Å². The van der Waals surface area contributed by atoms with E-state index in [4.69, 9.17) is 0 Å². The van der Waals surface area contributed by atoms with E-state index in [2.05, 4.69) is 47.3 Å². The smallest absolute Gasteiger partial charge is 0.313 e. The predicted octanol–water partition coefficient (Wildman–Crippen LogP) is 4.42. The molecular formula is C19H27BrN2O2. The zero-order valence-electron chi connectivity index (χ0n) is 14.9. The zero-order valence-corrected chi connectivity index (χ0v) is 16.5. The number of nitrogens with one attached hydrogen (secondary N) is 2. The van der Waals surface area contributed by atoms with Crippen LogP contribution >= 0.6 is 15.9 Å². The Balaban J connectivity index is 1.85. The number of halogens is 1. The topological polar surface area (TPSA) is 58.2 Å². The minimum absolute atomic E-state index is 0.105. The Labute approximate surface area is 152 Å². The second-order valence-corrected chi connectivity index (χ2v) is 8.72. The second kappa shape index (κ2) is 7.68. The molecule has 1 aliphatic carbocycles. The molecule has 1 aromatic rings. The lowest BCUT2D eigenvalue weighted by atomic mass is 9.71. The van der Waals surface area contributed by atoms with Gasteiger partial charge in [-0.3, -0.25) is 9.59 Å². The van der Waals surface area contributed by atoms with Gasteiger partial charge in [0, 0.05) is 16.2 Å². The molecular weight excluding hydrogens is 368 g/mol. The van der Waals surface area contributed by atoms with Gasteiger partial charge in [-0.1, -0.05) is 36.7 Å². The summed E-state index contributed by atoms with van der Waals surface area (Å²) in [4.78, 5) is 24.3. The molecule has 24 heavy (non-hydrogen) atoms. The summed E-state index contributed by atoms with van der Waals surface area (Å²) < 4.78 is 0.943. The summed E-state index contributed by atoms with van der Waals surface area (Å²) in [5.41, 5.74) is 1.89. The van der Waals surface area contributed by atoms with Crippen molar-refractivity contribution in [2.45, 2.75) is 59.4 Å². The van der Waals surface area contributed by atoms with E-state index in [0.717, 1.165) is 35.7 Å². The fourth-order valence-electron chi connectivity index (χ4n) is 3.30. The Hall–Kier alpha value is -1.36. The van der Waals surface area contributed by atoms with E-state index in [0.29, 0.717) is 17.0 Å². The van der Waals surface area contributed by atoms with Crippen LogP contribution in [0.5, 0.6) is 0 Å². The molecule has 0 spiro atoms. The maximum Gasteiger partial charge on any atom is 0.313 e. The molecule has 0 heterocycles. The van der Waals surface area contributed by atoms with Gasteiger partial charge in [-0.25, -0.2) is 0 Å². The highest BCUT2D eigenvalue weighted by Crippen LogP contribution is 2.37. The first-order valence-corrected chi connectivity index (χ1v) is 9.34. The molecule has 0 bridgehead atoms. The summed E-state index contributed by atoms with van der Waals surface area (Å²) in [7, 11) is 0. The fraction of sp³-hybridized carbons (Fsp3) is 0.579. The number of aryl methyl sites for hydroxylation is 1. The number of anilines is 1. The van der Waals surface area contributed by atoms with Gasteiger partial charge in [0.2, 0.25) is 0 Å². The molecule has 0 aliphatic heterocycles. The first kappa shape index (κ1) is 19.0. The van der Waals surface area contributed by atoms with Crippen LogP contribution in [0.1, 0.15) is 52.0 Å². The van der Waals surface area contributed by atoms with Crippen molar-refractivity contribution in [3.05, 3.63) is 28.2 Å². The Morgan fingerprint density at radius 1 is 1.08 bits per heavy atom. The normalized spacial score (nSPS) is 21.2. The molecule has 0 saturated heterocycles. The zero-order chi connectivity index (χ0) is 17.9. The quantitative estimate of drug-likeness (QED) is 0.729. The second-order valence-electron chi connectivity index (χ2n) is 7.80. The third kappa shape index (κ3) is 5.07. The first-order valence-electron chi connectivity index (χ1n) is 8.55. The number of amides is 2. The molecule has 2 N–H and O–H groups in total. The van der Waals surface area contributed by atoms with Crippen LogP contribution in [0, 0.1) is 18.3 Å². The number of hydrogen-bond donors (Lipinski definition) is 2. The van der Waals surface area contributed by atoms with Crippen LogP contribution in [0.4, 0.5) is 5.69 Å². The van der Waals surface area contributed by atoms with Crippen molar-refractivity contribution >= 4 is 33.4 Å². The third-order valence-electron chi connectivity index (χ3n) is 4.93. The molecule has 1 aliphatic rings. The number of benzene rings is 1. The van der Waals surface area contributed by atoms with E-state index in [1.54, 1.807) is 6.07 Å². The minimum atomic E-state index is -0.599. The summed E-state index contributed by atoms with van der Waals surface area (Å²) in [5, 5.41) is 5.57. The molecule has 132 valence electrons. The summed E-state index contributed by atoms with van der Waals surface area (Å²) in [6.07, 6.45) is 4.08. The van der Waals surface area contributed by atoms with Crippen LogP contribution in [0.15, 0.2) is 22.7 Å². The summed E-state index contributed by atoms with van der Waals surface area (Å²) in [6.45, 7) is 8.70. The van der Waals surface area contributed by atoms with Crippen molar-refractivity contribution in [2.24, 2.45) is 11.3 Å². The maximum atomic E-state index is 12.1. The Kier molecular flexibility index (Phi) is 6.07. The summed E-state index contributed by atoms with van der Waals surface area (Å²) in [5.74, 6) is -0.459. The van der Waals surface area contributed by atoms with Crippen LogP contribution in [0.25, 0.3) is 0 Å². The largest absolute Gasteiger partial charge is 0.345 e. The van der Waals surface area contributed by atoms with Gasteiger partial charge >= 0.3 is 11.8 Å². The van der Waals surface area contributed by atoms with Crippen LogP contribution in [0.2, 0.25) is 0 Å². The fourth-order valence-corrected chi connectivity index (χ4v) is 3.78. The monoisotopic (exact) mass is 394 g/mol. The molecule has 1 fully saturated rings. The molecule has 2 rings (SSSR count). The lowest BCUT2D eigenvalue weighted by molar-refractivity contribution is -0.136. The van der Waals surface area contributed by atoms with Gasteiger partial charge in [0.05, 0.1) is 0 Å². The number of hydrogen-bond acceptors (Lipinski definition) is 2. The summed E-state index contributed by atoms with van der Waals surface area (Å²) >= 11 is 3.38. The highest BCUT2D eigenvalue weighted by Gasteiger charge is 2.30. The van der Waals surface area contributed by atoms with E-state index in [1.165, 1.54) is 0 Å². The molecule has 4 nitrogen and oxygen atoms in total. The van der Waals surface area contributed by atoms with Crippen LogP contribution in [0.3, 0.4) is 0 Å². The number of carbonyl (C=O) groups is 2. The van der Waals surface area contributed by atoms with Crippen molar-refractivity contribution < 1.29 is 9.59 Å². The maximum absolute atomic E-state index is 12.1. The van der Waals surface area contributed by atoms with Crippen LogP contribution in [-0.2, 0) is 9.59 Å². The van der Waals surface area contributed by atoms with Gasteiger partial charge in [-0.05, 0) is 67.7 Å². The van der Waals surface area contributed by atoms with Crippen LogP contribution in [-0.4, -0.2) is 17.9 Å². The van der Waals surface area contributed by atoms with Gasteiger partial charge < -0.3 is 10.6 Å². The molecule has 0 unspecified atom stereocenters. The van der Waals surface area contributed by atoms with Gasteiger partial charge in [0.25, 0.3) is 0 Å². The Morgan fingerprint density at radius 2 is 1.71 bits per heavy atom. The van der Waals surface area contributed by atoms with Gasteiger partial charge in [-0.15, -0.1) is 0 Å². The lowest BCUT2D eigenvalue weighted by Gasteiger charge is -2.37. The molecule has 5 heteroatoms. The van der Waals surface area contributed by atoms with E-state index in [9.17, 15) is 9.59 Å². The third-order valence-corrected chi connectivity index (χ3v) is 5.42. The Morgan fingerprint density at radius 3 is 2.25 bits per heavy atom. The lowest BCUT2D eigenvalue weighted by Crippen LogP contribution is -2.44. The molecule has 1 saturated carbocycles. The average molecular weight is 395 g/mol. The van der Waals surface area contributed by atoms with Gasteiger partial charge in [0.15, 0.2) is 0 Å². The molecule has 2 amide bonds. The van der Waals surface area contributed by atoms with Gasteiger partial charge in [-0.2, -0.15) is 0 Å². The van der Waals surface area contributed by atoms with Crippen LogP contribution < -0.4 is 10.6 Å². The standard InChI is InChI=1S/C19H27BrN2O2/c1-12-11-14(20)7-10-16(12)22-18(24)17(23)21-15-8-5-13(6-9-15)19(2,3)4/h7,10-11,13,15H,5-6,8-9H2,1-4H3,(H,21,23)(H,22,24). The van der Waals surface area contributed by atoms with E-state index in [-0.39, 0.29) is 6.04 Å². The summed E-state index contributed by atoms with van der Waals surface area (Å²) in [6, 6.07) is 5.64. The Bertz CT molecular complexity index is 614. The highest BCUT2D eigenvalue weighted by atomic mass is 79.9. The number of carbonyl (C=O) groups excluding carboxylic acids is 2. The molecule has 0 aromatic heterocycles. The predicted molar refractivity (Wildman–Crippen MR) is 101 cm³/mol. The number of rotatable bonds is 2. The van der Waals surface area contributed by atoms with Crippen molar-refractivity contribution in [3.63, 3.8) is 0 Å². The average Bonchev–Trinajstić information content (AvgIpc) is 2.49. The SMILES string of the molecule is Cc1cc(Br)ccc1NC(=O)C(=O)NC1CCC(C(C)(C)C)CC1. The molecule has 1 aromatic carbocycles. The minimum Gasteiger partial charge on any atom is -0.345 e. The van der Waals surface area contributed by atoms with E-state index >= 15 is 0 Å². The van der Waals surface area contributed by atoms with Crippen molar-refractivity contribution in [3.8, 4) is 0 Å². The van der Waals surface area contributed by atoms with E-state index < -0.39 is 11.8 Å². The van der Waals surface area contributed by atoms with Crippen molar-refractivity contribution in [1.82, 2.24) is 5.32 Å².